The van der Waals surface area contributed by atoms with Crippen LogP contribution in [-0.2, 0) is 45.9 Å². The van der Waals surface area contributed by atoms with E-state index in [1.54, 1.807) is 12.1 Å². The van der Waals surface area contributed by atoms with Gasteiger partial charge in [0, 0.05) is 0 Å². The second-order valence-corrected chi connectivity index (χ2v) is 31.2. The van der Waals surface area contributed by atoms with Gasteiger partial charge in [0.2, 0.25) is 0 Å². The van der Waals surface area contributed by atoms with E-state index in [0.29, 0.717) is 10.8 Å². The van der Waals surface area contributed by atoms with Gasteiger partial charge in [0.25, 0.3) is 0 Å². The average Bonchev–Trinajstić information content (AvgIpc) is 0.804. The van der Waals surface area contributed by atoms with Crippen molar-refractivity contribution in [3.8, 4) is 0 Å². The van der Waals surface area contributed by atoms with Crippen molar-refractivity contribution in [2.24, 2.45) is 0 Å². The van der Waals surface area contributed by atoms with Crippen LogP contribution >= 0.6 is 0 Å². The quantitative estimate of drug-likeness (QED) is 0.0247. The van der Waals surface area contributed by atoms with Crippen molar-refractivity contribution in [2.75, 3.05) is 0 Å². The van der Waals surface area contributed by atoms with Crippen LogP contribution in [0.3, 0.4) is 0 Å². The molecular weight excluding hydrogens is 1310 g/mol. The summed E-state index contributed by atoms with van der Waals surface area (Å²) >= 11 is 0. The molecular formula is C84H142BaO6S2. The second-order valence-electron chi connectivity index (χ2n) is 28.5. The molecule has 0 fully saturated rings. The van der Waals surface area contributed by atoms with E-state index in [2.05, 4.69) is 39.8 Å². The number of hydrogen-bond acceptors (Lipinski definition) is 6. The van der Waals surface area contributed by atoms with Crippen LogP contribution in [0.25, 0.3) is 21.5 Å². The Morgan fingerprint density at radius 3 is 0.613 bits per heavy atom. The molecule has 0 unspecified atom stereocenters. The number of unbranched alkanes of at least 4 members (excludes halogenated alkanes) is 52. The maximum absolute atomic E-state index is 12.1. The second kappa shape index (κ2) is 59.6. The summed E-state index contributed by atoms with van der Waals surface area (Å²) in [6.45, 7) is 9.12. The average molecular weight is 1450 g/mol. The van der Waals surface area contributed by atoms with Gasteiger partial charge in [-0.15, -0.1) is 0 Å². The van der Waals surface area contributed by atoms with Crippen molar-refractivity contribution in [1.82, 2.24) is 0 Å². The predicted octanol–water partition coefficient (Wildman–Crippen LogP) is 27.2. The van der Waals surface area contributed by atoms with Gasteiger partial charge in [0.1, 0.15) is 20.2 Å². The smallest absolute Gasteiger partial charge is 0.744 e. The third kappa shape index (κ3) is 44.5. The molecule has 528 valence electrons. The van der Waals surface area contributed by atoms with Crippen molar-refractivity contribution < 1.29 is 25.9 Å². The largest absolute Gasteiger partial charge is 2.00 e. The van der Waals surface area contributed by atoms with Crippen LogP contribution < -0.4 is 0 Å². The molecule has 9 heteroatoms. The van der Waals surface area contributed by atoms with Crippen LogP contribution in [0.5, 0.6) is 0 Å². The summed E-state index contributed by atoms with van der Waals surface area (Å²) in [4.78, 5) is -0.120. The third-order valence-corrected chi connectivity index (χ3v) is 21.8. The summed E-state index contributed by atoms with van der Waals surface area (Å²) in [5.41, 5.74) is 4.79. The Labute approximate surface area is 616 Å². The minimum Gasteiger partial charge on any atom is -0.744 e. The molecule has 0 N–H and O–H groups in total. The maximum Gasteiger partial charge on any atom is 2.00 e. The van der Waals surface area contributed by atoms with E-state index in [1.807, 2.05) is 24.3 Å². The molecule has 0 aliphatic carbocycles. The summed E-state index contributed by atoms with van der Waals surface area (Å²) < 4.78 is 72.6. The van der Waals surface area contributed by atoms with E-state index in [-0.39, 0.29) is 58.7 Å². The molecule has 0 bridgehead atoms. The van der Waals surface area contributed by atoms with E-state index < -0.39 is 20.2 Å². The molecule has 0 amide bonds. The number of fused-ring (bicyclic) bond motifs is 2. The first-order chi connectivity index (χ1) is 44.9. The predicted molar refractivity (Wildman–Crippen MR) is 406 cm³/mol. The number of benzene rings is 4. The molecule has 4 aromatic rings. The number of rotatable bonds is 62. The Balaban J connectivity index is 0.000000627. The summed E-state index contributed by atoms with van der Waals surface area (Å²) in [6.07, 6.45) is 79.0. The van der Waals surface area contributed by atoms with Gasteiger partial charge >= 0.3 is 48.9 Å². The molecule has 0 atom stereocenters. The number of aryl methyl sites for hydroxylation is 4. The fourth-order valence-corrected chi connectivity index (χ4v) is 15.6. The van der Waals surface area contributed by atoms with E-state index in [9.17, 15) is 25.9 Å². The molecule has 93 heavy (non-hydrogen) atoms. The molecule has 6 nitrogen and oxygen atoms in total. The Morgan fingerprint density at radius 2 is 0.419 bits per heavy atom. The van der Waals surface area contributed by atoms with Gasteiger partial charge in [-0.2, -0.15) is 0 Å². The zero-order valence-corrected chi connectivity index (χ0v) is 67.2. The molecule has 4 aromatic carbocycles. The Kier molecular flexibility index (Phi) is 56.4. The van der Waals surface area contributed by atoms with E-state index in [4.69, 9.17) is 0 Å². The standard InChI is InChI=1S/2C42H72O3S.Ba/c2*1-3-5-7-9-11-13-15-17-19-21-23-25-27-29-32-38-36-39(40-34-31-35-42(41(40)37-38)46(43,44)45)33-30-28-26-24-22-20-18-16-14-12-10-8-6-4-2;/h2*31,34-37H,3-30,32-33H2,1-2H3,(H,43,44,45);/q;;+2/p-2. The molecule has 0 aliphatic heterocycles. The van der Waals surface area contributed by atoms with Crippen molar-refractivity contribution in [2.45, 2.75) is 423 Å². The van der Waals surface area contributed by atoms with Gasteiger partial charge in [-0.05, 0) is 119 Å². The monoisotopic (exact) mass is 1450 g/mol. The van der Waals surface area contributed by atoms with E-state index >= 15 is 0 Å². The number of hydrogen-bond donors (Lipinski definition) is 0. The van der Waals surface area contributed by atoms with Gasteiger partial charge in [-0.25, -0.2) is 16.8 Å². The molecule has 0 saturated heterocycles. The van der Waals surface area contributed by atoms with Crippen molar-refractivity contribution >= 4 is 90.7 Å². The van der Waals surface area contributed by atoms with Crippen LogP contribution in [0.2, 0.25) is 0 Å². The Morgan fingerprint density at radius 1 is 0.237 bits per heavy atom. The molecule has 0 aromatic heterocycles. The van der Waals surface area contributed by atoms with E-state index in [1.165, 1.54) is 368 Å². The zero-order valence-electron chi connectivity index (χ0n) is 61.2. The fourth-order valence-electron chi connectivity index (χ4n) is 14.2. The first-order valence-corrected chi connectivity index (χ1v) is 42.8. The Bertz CT molecular complexity index is 2430. The molecule has 0 aliphatic rings. The van der Waals surface area contributed by atoms with Crippen molar-refractivity contribution in [3.63, 3.8) is 0 Å². The zero-order chi connectivity index (χ0) is 66.3. The normalized spacial score (nSPS) is 11.8. The minimum atomic E-state index is -4.51. The van der Waals surface area contributed by atoms with Gasteiger partial charge < -0.3 is 9.11 Å². The summed E-state index contributed by atoms with van der Waals surface area (Å²) in [5.74, 6) is 0. The molecule has 0 heterocycles. The van der Waals surface area contributed by atoms with E-state index in [0.717, 1.165) is 62.1 Å². The summed E-state index contributed by atoms with van der Waals surface area (Å²) in [6, 6.07) is 19.0. The van der Waals surface area contributed by atoms with Crippen LogP contribution in [-0.4, -0.2) is 74.8 Å². The molecule has 4 rings (SSSR count). The molecule has 0 saturated carbocycles. The van der Waals surface area contributed by atoms with Crippen LogP contribution in [0, 0.1) is 0 Å². The van der Waals surface area contributed by atoms with Crippen molar-refractivity contribution in [1.29, 1.82) is 0 Å². The first kappa shape index (κ1) is 87.9. The molecule has 0 spiro atoms. The van der Waals surface area contributed by atoms with Gasteiger partial charge in [-0.3, -0.25) is 0 Å². The minimum absolute atomic E-state index is 0. The third-order valence-electron chi connectivity index (χ3n) is 20.0. The summed E-state index contributed by atoms with van der Waals surface area (Å²) in [7, 11) is -9.02. The van der Waals surface area contributed by atoms with Gasteiger partial charge in [0.05, 0.1) is 9.79 Å². The van der Waals surface area contributed by atoms with Crippen LogP contribution in [0.15, 0.2) is 70.5 Å². The SMILES string of the molecule is CCCCCCCCCCCCCCCCc1cc(CCCCCCCCCCCCCCCC)c2cccc(S(=O)(=O)[O-])c2c1.CCCCCCCCCCCCCCCCc1cc(CCCCCCCCCCCCCCCC)c2cccc(S(=O)(=O)[O-])c2c1.[Ba+2]. The van der Waals surface area contributed by atoms with Gasteiger partial charge in [0.15, 0.2) is 0 Å². The maximum atomic E-state index is 12.1. The first-order valence-electron chi connectivity index (χ1n) is 39.9. The van der Waals surface area contributed by atoms with Crippen molar-refractivity contribution in [3.05, 3.63) is 82.9 Å². The Hall–Kier alpha value is -1.21. The molecule has 0 radical (unpaired) electrons. The fraction of sp³-hybridized carbons (Fsp3) is 0.762. The topological polar surface area (TPSA) is 114 Å². The van der Waals surface area contributed by atoms with Crippen LogP contribution in [0.1, 0.15) is 410 Å². The van der Waals surface area contributed by atoms with Gasteiger partial charge in [-0.1, -0.05) is 398 Å². The van der Waals surface area contributed by atoms with Crippen LogP contribution in [0.4, 0.5) is 0 Å². The summed E-state index contributed by atoms with van der Waals surface area (Å²) in [5, 5.41) is 3.13.